The fraction of sp³-hybridized carbons (Fsp3) is 0.353. The van der Waals surface area contributed by atoms with Gasteiger partial charge in [0.1, 0.15) is 17.2 Å². The number of amides is 2. The van der Waals surface area contributed by atoms with Gasteiger partial charge in [0.2, 0.25) is 5.91 Å². The fourth-order valence-corrected chi connectivity index (χ4v) is 2.53. The Hall–Kier alpha value is -2.83. The number of ether oxygens (including phenoxy) is 1. The van der Waals surface area contributed by atoms with Crippen LogP contribution in [-0.2, 0) is 16.1 Å². The molecule has 0 saturated carbocycles. The second-order valence-corrected chi connectivity index (χ2v) is 5.64. The number of rotatable bonds is 6. The number of anilines is 1. The molecule has 1 fully saturated rings. The van der Waals surface area contributed by atoms with Crippen LogP contribution in [0.1, 0.15) is 24.3 Å². The summed E-state index contributed by atoms with van der Waals surface area (Å²) in [5, 5.41) is 6.50. The number of hydrogen-bond acceptors (Lipinski definition) is 5. The predicted octanol–water partition coefficient (Wildman–Crippen LogP) is 1.81. The average Bonchev–Trinajstić information content (AvgIpc) is 3.20. The first-order valence-electron chi connectivity index (χ1n) is 7.84. The zero-order valence-corrected chi connectivity index (χ0v) is 13.4. The van der Waals surface area contributed by atoms with Crippen LogP contribution in [0.4, 0.5) is 5.69 Å². The molecule has 1 aliphatic heterocycles. The first kappa shape index (κ1) is 16.0. The molecule has 126 valence electrons. The van der Waals surface area contributed by atoms with Gasteiger partial charge in [-0.3, -0.25) is 9.59 Å². The molecule has 0 atom stereocenters. The van der Waals surface area contributed by atoms with E-state index in [0.29, 0.717) is 30.2 Å². The zero-order chi connectivity index (χ0) is 16.9. The number of aromatic nitrogens is 1. The van der Waals surface area contributed by atoms with Crippen molar-refractivity contribution >= 4 is 17.5 Å². The maximum absolute atomic E-state index is 11.8. The Bertz CT molecular complexity index is 724. The van der Waals surface area contributed by atoms with E-state index < -0.39 is 0 Å². The molecular weight excluding hydrogens is 310 g/mol. The average molecular weight is 329 g/mol. The standard InChI is InChI=1S/C17H19N3O4/c1-12-9-13(19-24-12)10-18-16(21)11-23-15-6-4-14(5-7-15)20-8-2-3-17(20)22/h4-7,9H,2-3,8,10-11H2,1H3,(H,18,21). The molecule has 0 aliphatic carbocycles. The lowest BCUT2D eigenvalue weighted by Crippen LogP contribution is -2.28. The maximum Gasteiger partial charge on any atom is 0.258 e. The number of aryl methyl sites for hydroxylation is 1. The van der Waals surface area contributed by atoms with Gasteiger partial charge in [-0.2, -0.15) is 0 Å². The van der Waals surface area contributed by atoms with Gasteiger partial charge in [0.25, 0.3) is 5.91 Å². The molecule has 1 N–H and O–H groups in total. The minimum absolute atomic E-state index is 0.0845. The second-order valence-electron chi connectivity index (χ2n) is 5.64. The van der Waals surface area contributed by atoms with Crippen LogP contribution < -0.4 is 15.0 Å². The topological polar surface area (TPSA) is 84.7 Å². The Morgan fingerprint density at radius 2 is 2.17 bits per heavy atom. The third-order valence-electron chi connectivity index (χ3n) is 3.74. The van der Waals surface area contributed by atoms with Crippen LogP contribution in [0.15, 0.2) is 34.9 Å². The van der Waals surface area contributed by atoms with Crippen molar-refractivity contribution in [2.24, 2.45) is 0 Å². The van der Waals surface area contributed by atoms with Crippen molar-refractivity contribution in [3.05, 3.63) is 41.8 Å². The van der Waals surface area contributed by atoms with Crippen molar-refractivity contribution in [3.63, 3.8) is 0 Å². The lowest BCUT2D eigenvalue weighted by molar-refractivity contribution is -0.123. The summed E-state index contributed by atoms with van der Waals surface area (Å²) in [5.74, 6) is 1.19. The van der Waals surface area contributed by atoms with Crippen LogP contribution in [0.2, 0.25) is 0 Å². The Labute approximate surface area is 139 Å². The maximum atomic E-state index is 11.8. The summed E-state index contributed by atoms with van der Waals surface area (Å²) in [5.41, 5.74) is 1.52. The van der Waals surface area contributed by atoms with Crippen molar-refractivity contribution in [2.45, 2.75) is 26.3 Å². The van der Waals surface area contributed by atoms with Crippen LogP contribution in [0.25, 0.3) is 0 Å². The Morgan fingerprint density at radius 1 is 1.38 bits per heavy atom. The highest BCUT2D eigenvalue weighted by Gasteiger charge is 2.21. The number of benzene rings is 1. The minimum Gasteiger partial charge on any atom is -0.484 e. The summed E-state index contributed by atoms with van der Waals surface area (Å²) in [7, 11) is 0. The monoisotopic (exact) mass is 329 g/mol. The van der Waals surface area contributed by atoms with Crippen molar-refractivity contribution in [1.29, 1.82) is 0 Å². The highest BCUT2D eigenvalue weighted by Crippen LogP contribution is 2.23. The normalized spacial score (nSPS) is 14.0. The molecule has 7 nitrogen and oxygen atoms in total. The van der Waals surface area contributed by atoms with E-state index in [1.54, 1.807) is 30.0 Å². The predicted molar refractivity (Wildman–Crippen MR) is 86.6 cm³/mol. The third-order valence-corrected chi connectivity index (χ3v) is 3.74. The number of nitrogens with one attached hydrogen (secondary N) is 1. The quantitative estimate of drug-likeness (QED) is 0.873. The van der Waals surface area contributed by atoms with Crippen molar-refractivity contribution in [1.82, 2.24) is 10.5 Å². The van der Waals surface area contributed by atoms with Gasteiger partial charge in [-0.1, -0.05) is 5.16 Å². The number of carbonyl (C=O) groups excluding carboxylic acids is 2. The lowest BCUT2D eigenvalue weighted by atomic mass is 10.3. The molecule has 0 unspecified atom stereocenters. The second kappa shape index (κ2) is 7.16. The smallest absolute Gasteiger partial charge is 0.258 e. The first-order chi connectivity index (χ1) is 11.6. The van der Waals surface area contributed by atoms with Gasteiger partial charge in [0, 0.05) is 24.7 Å². The summed E-state index contributed by atoms with van der Waals surface area (Å²) in [6.07, 6.45) is 1.49. The van der Waals surface area contributed by atoms with Crippen LogP contribution in [0.3, 0.4) is 0 Å². The summed E-state index contributed by atoms with van der Waals surface area (Å²) in [4.78, 5) is 25.2. The molecule has 0 bridgehead atoms. The molecule has 7 heteroatoms. The number of carbonyl (C=O) groups is 2. The van der Waals surface area contributed by atoms with E-state index in [2.05, 4.69) is 10.5 Å². The van der Waals surface area contributed by atoms with Gasteiger partial charge in [-0.15, -0.1) is 0 Å². The molecule has 2 amide bonds. The van der Waals surface area contributed by atoms with Gasteiger partial charge in [-0.25, -0.2) is 0 Å². The van der Waals surface area contributed by atoms with Crippen molar-refractivity contribution in [2.75, 3.05) is 18.1 Å². The lowest BCUT2D eigenvalue weighted by Gasteiger charge is -2.16. The molecule has 1 aromatic heterocycles. The Balaban J connectivity index is 1.46. The fourth-order valence-electron chi connectivity index (χ4n) is 2.53. The highest BCUT2D eigenvalue weighted by atomic mass is 16.5. The van der Waals surface area contributed by atoms with Crippen LogP contribution >= 0.6 is 0 Å². The summed E-state index contributed by atoms with van der Waals surface area (Å²) in [6, 6.07) is 8.94. The Morgan fingerprint density at radius 3 is 2.79 bits per heavy atom. The molecular formula is C17H19N3O4. The van der Waals surface area contributed by atoms with Crippen molar-refractivity contribution < 1.29 is 18.8 Å². The minimum atomic E-state index is -0.241. The van der Waals surface area contributed by atoms with Crippen LogP contribution in [0.5, 0.6) is 5.75 Å². The summed E-state index contributed by atoms with van der Waals surface area (Å²) >= 11 is 0. The molecule has 3 rings (SSSR count). The first-order valence-corrected chi connectivity index (χ1v) is 7.84. The van der Waals surface area contributed by atoms with Crippen molar-refractivity contribution in [3.8, 4) is 5.75 Å². The summed E-state index contributed by atoms with van der Waals surface area (Å²) < 4.78 is 10.4. The van der Waals surface area contributed by atoms with Gasteiger partial charge < -0.3 is 19.5 Å². The zero-order valence-electron chi connectivity index (χ0n) is 13.4. The molecule has 2 aromatic rings. The molecule has 2 heterocycles. The number of nitrogens with zero attached hydrogens (tertiary/aromatic N) is 2. The van der Waals surface area contributed by atoms with Gasteiger partial charge >= 0.3 is 0 Å². The van der Waals surface area contributed by atoms with E-state index in [0.717, 1.165) is 18.7 Å². The van der Waals surface area contributed by atoms with E-state index >= 15 is 0 Å². The largest absolute Gasteiger partial charge is 0.484 e. The third kappa shape index (κ3) is 3.92. The molecule has 1 aliphatic rings. The van der Waals surface area contributed by atoms with Gasteiger partial charge in [0.05, 0.1) is 6.54 Å². The SMILES string of the molecule is Cc1cc(CNC(=O)COc2ccc(N3CCCC3=O)cc2)no1. The summed E-state index contributed by atoms with van der Waals surface area (Å²) in [6.45, 7) is 2.76. The van der Waals surface area contributed by atoms with Crippen LogP contribution in [0, 0.1) is 6.92 Å². The van der Waals surface area contributed by atoms with E-state index in [4.69, 9.17) is 9.26 Å². The molecule has 24 heavy (non-hydrogen) atoms. The van der Waals surface area contributed by atoms with Crippen LogP contribution in [-0.4, -0.2) is 30.1 Å². The van der Waals surface area contributed by atoms with Gasteiger partial charge in [-0.05, 0) is 37.6 Å². The van der Waals surface area contributed by atoms with E-state index in [-0.39, 0.29) is 18.4 Å². The Kier molecular flexibility index (Phi) is 4.79. The van der Waals surface area contributed by atoms with E-state index in [9.17, 15) is 9.59 Å². The molecule has 0 radical (unpaired) electrons. The molecule has 1 aromatic carbocycles. The van der Waals surface area contributed by atoms with E-state index in [1.807, 2.05) is 12.1 Å². The molecule has 0 spiro atoms. The molecule has 1 saturated heterocycles. The van der Waals surface area contributed by atoms with E-state index in [1.165, 1.54) is 0 Å². The number of hydrogen-bond donors (Lipinski definition) is 1. The van der Waals surface area contributed by atoms with Gasteiger partial charge in [0.15, 0.2) is 6.61 Å². The highest BCUT2D eigenvalue weighted by molar-refractivity contribution is 5.95.